The molecule has 13 heteroatoms. The highest BCUT2D eigenvalue weighted by Gasteiger charge is 2.24. The van der Waals surface area contributed by atoms with Crippen LogP contribution in [0.25, 0.3) is 0 Å². The molecule has 0 aromatic heterocycles. The van der Waals surface area contributed by atoms with E-state index in [4.69, 9.17) is 23.7 Å². The minimum Gasteiger partial charge on any atom is -0.744 e. The molecule has 12 nitrogen and oxygen atoms in total. The Morgan fingerprint density at radius 3 is 1.71 bits per heavy atom. The van der Waals surface area contributed by atoms with E-state index in [2.05, 4.69) is 0 Å². The Labute approximate surface area is 283 Å². The van der Waals surface area contributed by atoms with Crippen LogP contribution in [-0.2, 0) is 33.8 Å². The predicted molar refractivity (Wildman–Crippen MR) is 175 cm³/mol. The highest BCUT2D eigenvalue weighted by molar-refractivity contribution is 7.85. The molecule has 0 saturated heterocycles. The molecule has 48 heavy (non-hydrogen) atoms. The molecule has 0 amide bonds. The van der Waals surface area contributed by atoms with Crippen molar-refractivity contribution in [2.24, 2.45) is 17.8 Å². The molecule has 0 radical (unpaired) electrons. The summed E-state index contributed by atoms with van der Waals surface area (Å²) in [6.45, 7) is 7.90. The fourth-order valence-corrected chi connectivity index (χ4v) is 5.48. The fourth-order valence-electron chi connectivity index (χ4n) is 4.94. The van der Waals surface area contributed by atoms with Crippen LogP contribution in [0.3, 0.4) is 0 Å². The van der Waals surface area contributed by atoms with Gasteiger partial charge < -0.3 is 28.2 Å². The monoisotopic (exact) mass is 690 g/mol. The fraction of sp³-hybridized carbons (Fsp3) is 0.514. The van der Waals surface area contributed by atoms with Crippen LogP contribution in [-0.4, -0.2) is 82.4 Å². The lowest BCUT2D eigenvalue weighted by Gasteiger charge is -2.28. The lowest BCUT2D eigenvalue weighted by molar-refractivity contribution is 0.0151. The van der Waals surface area contributed by atoms with E-state index < -0.39 is 32.9 Å². The molecular formula is C35H46O12S. The minimum absolute atomic E-state index is 0. The highest BCUT2D eigenvalue weighted by Crippen LogP contribution is 2.30. The molecular weight excluding hydrogens is 644 g/mol. The molecule has 0 unspecified atom stereocenters. The Kier molecular flexibility index (Phi) is 16.2. The van der Waals surface area contributed by atoms with E-state index in [-0.39, 0.29) is 80.9 Å². The van der Waals surface area contributed by atoms with Crippen LogP contribution < -0.4 is 0 Å². The van der Waals surface area contributed by atoms with Crippen molar-refractivity contribution in [2.45, 2.75) is 64.4 Å². The Balaban J connectivity index is 0.00000800. The van der Waals surface area contributed by atoms with E-state index in [1.807, 2.05) is 13.8 Å². The summed E-state index contributed by atoms with van der Waals surface area (Å²) in [5, 5.41) is 0. The van der Waals surface area contributed by atoms with Crippen LogP contribution in [0.5, 0.6) is 0 Å². The van der Waals surface area contributed by atoms with Gasteiger partial charge in [0.1, 0.15) is 23.3 Å². The number of ether oxygens (including phenoxy) is 5. The molecule has 1 aliphatic carbocycles. The summed E-state index contributed by atoms with van der Waals surface area (Å²) in [7, 11) is -5.00. The van der Waals surface area contributed by atoms with Gasteiger partial charge in [-0.2, -0.15) is 0 Å². The van der Waals surface area contributed by atoms with Crippen LogP contribution in [0.4, 0.5) is 0 Å². The maximum Gasteiger partial charge on any atom is 0.338 e. The maximum atomic E-state index is 12.8. The summed E-state index contributed by atoms with van der Waals surface area (Å²) in [6, 6.07) is 9.07. The van der Waals surface area contributed by atoms with Crippen LogP contribution in [0.2, 0.25) is 0 Å². The molecule has 0 bridgehead atoms. The first-order chi connectivity index (χ1) is 22.2. The zero-order valence-corrected chi connectivity index (χ0v) is 29.0. The molecule has 2 aromatic rings. The summed E-state index contributed by atoms with van der Waals surface area (Å²) in [5.74, 6) is -2.17. The third-order valence-corrected chi connectivity index (χ3v) is 8.39. The van der Waals surface area contributed by atoms with Crippen LogP contribution >= 0.6 is 0 Å². The Bertz CT molecular complexity index is 1490. The number of carbonyl (C=O) groups is 4. The number of ketones is 1. The van der Waals surface area contributed by atoms with Gasteiger partial charge in [0, 0.05) is 25.5 Å². The molecule has 2 aromatic carbocycles. The Hall–Kier alpha value is -3.78. The smallest absolute Gasteiger partial charge is 0.338 e. The predicted octanol–water partition coefficient (Wildman–Crippen LogP) is 5.30. The molecule has 3 rings (SSSR count). The van der Waals surface area contributed by atoms with Gasteiger partial charge in [-0.05, 0) is 81.7 Å². The molecule has 0 heterocycles. The number of hydrogen-bond acceptors (Lipinski definition) is 12. The van der Waals surface area contributed by atoms with E-state index in [1.54, 1.807) is 26.0 Å². The standard InChI is InChI=1S/C34H44O12S.CH3/c1-22(2)31(35)26-6-5-7-27(16-26)32(36)43-14-12-42-13-15-44-33(37)28-17-29(19-30(18-28)47(39,40)41)34(38)46-21-25-10-8-24(9-11-25)20-45-23(3)4;/h5-7,16-19,22-25H,8-15,20-21H2,1-4H3,(H,39,40,41);1H3/q;+1/p-1. The maximum absolute atomic E-state index is 12.8. The summed E-state index contributed by atoms with van der Waals surface area (Å²) in [4.78, 5) is 49.2. The third kappa shape index (κ3) is 13.0. The summed E-state index contributed by atoms with van der Waals surface area (Å²) in [5.41, 5.74) is 0.0686. The van der Waals surface area contributed by atoms with Crippen molar-refractivity contribution < 1.29 is 55.8 Å². The molecule has 0 atom stereocenters. The second-order valence-corrected chi connectivity index (χ2v) is 13.4. The van der Waals surface area contributed by atoms with Gasteiger partial charge in [-0.25, -0.2) is 22.8 Å². The summed E-state index contributed by atoms with van der Waals surface area (Å²) >= 11 is 0. The van der Waals surface area contributed by atoms with E-state index in [0.29, 0.717) is 18.1 Å². The molecule has 264 valence electrons. The number of esters is 3. The number of benzene rings is 2. The number of rotatable bonds is 17. The number of hydrogen-bond donors (Lipinski definition) is 0. The Morgan fingerprint density at radius 1 is 0.708 bits per heavy atom. The first kappa shape index (κ1) is 40.4. The van der Waals surface area contributed by atoms with Gasteiger partial charge in [0.05, 0.1) is 47.5 Å². The second-order valence-electron chi connectivity index (χ2n) is 12.1. The van der Waals surface area contributed by atoms with Gasteiger partial charge in [-0.1, -0.05) is 26.0 Å². The van der Waals surface area contributed by atoms with Gasteiger partial charge in [0.2, 0.25) is 0 Å². The summed E-state index contributed by atoms with van der Waals surface area (Å²) < 4.78 is 62.0. The lowest BCUT2D eigenvalue weighted by Crippen LogP contribution is -2.24. The average molecular weight is 691 g/mol. The first-order valence-corrected chi connectivity index (χ1v) is 17.1. The third-order valence-electron chi connectivity index (χ3n) is 7.58. The lowest BCUT2D eigenvalue weighted by atomic mass is 9.83. The van der Waals surface area contributed by atoms with Gasteiger partial charge in [0.25, 0.3) is 0 Å². The van der Waals surface area contributed by atoms with Crippen LogP contribution in [0, 0.1) is 25.2 Å². The van der Waals surface area contributed by atoms with Crippen molar-refractivity contribution in [3.05, 3.63) is 72.1 Å². The molecule has 0 aliphatic heterocycles. The highest BCUT2D eigenvalue weighted by atomic mass is 32.2. The van der Waals surface area contributed by atoms with Crippen molar-refractivity contribution in [1.82, 2.24) is 0 Å². The SMILES string of the molecule is CC(C)OCC1CCC(COC(=O)c2cc(C(=O)OCCOCCOC(=O)c3cccc(C(=O)C(C)C)c3)cc(S(=O)(=O)[O-])c2)CC1.[CH3+]. The largest absolute Gasteiger partial charge is 0.744 e. The second kappa shape index (κ2) is 19.3. The zero-order chi connectivity index (χ0) is 34.6. The van der Waals surface area contributed by atoms with Crippen molar-refractivity contribution >= 4 is 33.8 Å². The molecule has 0 N–H and O–H groups in total. The zero-order valence-electron chi connectivity index (χ0n) is 28.2. The summed E-state index contributed by atoms with van der Waals surface area (Å²) in [6.07, 6.45) is 3.76. The molecule has 1 saturated carbocycles. The molecule has 1 fully saturated rings. The van der Waals surface area contributed by atoms with E-state index in [0.717, 1.165) is 43.9 Å². The first-order valence-electron chi connectivity index (χ1n) is 15.7. The Morgan fingerprint density at radius 2 is 1.19 bits per heavy atom. The van der Waals surface area contributed by atoms with Crippen LogP contribution in [0.15, 0.2) is 47.4 Å². The topological polar surface area (TPSA) is 172 Å². The quantitative estimate of drug-likeness (QED) is 0.0525. The average Bonchev–Trinajstić information content (AvgIpc) is 3.05. The van der Waals surface area contributed by atoms with Gasteiger partial charge in [-0.15, -0.1) is 0 Å². The van der Waals surface area contributed by atoms with Gasteiger partial charge in [0.15, 0.2) is 5.78 Å². The minimum atomic E-state index is -5.00. The van der Waals surface area contributed by atoms with Crippen molar-refractivity contribution in [2.75, 3.05) is 39.6 Å². The van der Waals surface area contributed by atoms with Crippen molar-refractivity contribution in [3.8, 4) is 0 Å². The molecule has 1 aliphatic rings. The number of Topliss-reactive ketones (excluding diaryl/α,β-unsaturated/α-hetero) is 1. The van der Waals surface area contributed by atoms with E-state index >= 15 is 0 Å². The number of carbonyl (C=O) groups excluding carboxylic acids is 4. The van der Waals surface area contributed by atoms with Crippen molar-refractivity contribution in [1.29, 1.82) is 0 Å². The van der Waals surface area contributed by atoms with Crippen LogP contribution in [0.1, 0.15) is 94.8 Å². The van der Waals surface area contributed by atoms with E-state index in [9.17, 15) is 32.1 Å². The van der Waals surface area contributed by atoms with E-state index in [1.165, 1.54) is 12.1 Å². The molecule has 0 spiro atoms. The van der Waals surface area contributed by atoms with Gasteiger partial charge in [-0.3, -0.25) is 4.79 Å². The van der Waals surface area contributed by atoms with Gasteiger partial charge >= 0.3 is 17.9 Å². The van der Waals surface area contributed by atoms with Crippen molar-refractivity contribution in [3.63, 3.8) is 0 Å². The normalized spacial score (nSPS) is 16.2.